The molecule has 1 aromatic heterocycles. The fourth-order valence-electron chi connectivity index (χ4n) is 4.08. The highest BCUT2D eigenvalue weighted by Crippen LogP contribution is 2.42. The van der Waals surface area contributed by atoms with Crippen LogP contribution in [0.2, 0.25) is 0 Å². The summed E-state index contributed by atoms with van der Waals surface area (Å²) in [6, 6.07) is 8.50. The summed E-state index contributed by atoms with van der Waals surface area (Å²) in [5, 5.41) is 0. The van der Waals surface area contributed by atoms with E-state index in [1.54, 1.807) is 12.3 Å². The van der Waals surface area contributed by atoms with Crippen LogP contribution >= 0.6 is 0 Å². The molecule has 1 aromatic carbocycles. The molecule has 0 aliphatic carbocycles. The zero-order valence-electron chi connectivity index (χ0n) is 18.2. The molecule has 3 heterocycles. The van der Waals surface area contributed by atoms with Crippen molar-refractivity contribution >= 4 is 5.91 Å². The Kier molecular flexibility index (Phi) is 6.09. The first-order chi connectivity index (χ1) is 15.5. The quantitative estimate of drug-likeness (QED) is 0.611. The van der Waals surface area contributed by atoms with Crippen LogP contribution in [-0.2, 0) is 21.3 Å². The second kappa shape index (κ2) is 8.57. The summed E-state index contributed by atoms with van der Waals surface area (Å²) in [4.78, 5) is 18.9. The molecule has 0 bridgehead atoms. The van der Waals surface area contributed by atoms with Crippen LogP contribution in [0.4, 0.5) is 17.6 Å². The third-order valence-corrected chi connectivity index (χ3v) is 5.73. The summed E-state index contributed by atoms with van der Waals surface area (Å²) >= 11 is 0. The van der Waals surface area contributed by atoms with Crippen LogP contribution in [0.5, 0.6) is 5.75 Å². The molecule has 10 heteroatoms. The number of hydrogen-bond acceptors (Lipinski definition) is 5. The average molecular weight is 468 g/mol. The number of aromatic nitrogens is 1. The lowest BCUT2D eigenvalue weighted by Gasteiger charge is -2.41. The molecule has 2 fully saturated rings. The van der Waals surface area contributed by atoms with Gasteiger partial charge < -0.3 is 19.1 Å². The summed E-state index contributed by atoms with van der Waals surface area (Å²) in [6.45, 7) is 2.29. The van der Waals surface area contributed by atoms with Crippen LogP contribution in [0, 0.1) is 0 Å². The highest BCUT2D eigenvalue weighted by atomic mass is 19.4. The number of halogens is 4. The maximum absolute atomic E-state index is 13.7. The van der Waals surface area contributed by atoms with Crippen molar-refractivity contribution in [1.82, 2.24) is 9.88 Å². The zero-order chi connectivity index (χ0) is 23.9. The van der Waals surface area contributed by atoms with E-state index in [1.165, 1.54) is 24.8 Å². The Labute approximate surface area is 188 Å². The topological polar surface area (TPSA) is 60.9 Å². The fraction of sp³-hybridized carbons (Fsp3) is 0.478. The number of ether oxygens (including phenoxy) is 3. The minimum absolute atomic E-state index is 0.0401. The molecule has 2 aromatic rings. The number of benzene rings is 1. The number of likely N-dealkylation sites (tertiary alicyclic amines) is 1. The van der Waals surface area contributed by atoms with Gasteiger partial charge in [-0.3, -0.25) is 9.78 Å². The fourth-order valence-corrected chi connectivity index (χ4v) is 4.08. The highest BCUT2D eigenvalue weighted by Gasteiger charge is 2.52. The third kappa shape index (κ3) is 4.81. The lowest BCUT2D eigenvalue weighted by Crippen LogP contribution is -2.53. The summed E-state index contributed by atoms with van der Waals surface area (Å²) in [5.41, 5.74) is -3.19. The van der Waals surface area contributed by atoms with Gasteiger partial charge in [-0.05, 0) is 44.2 Å². The Morgan fingerprint density at radius 3 is 2.70 bits per heavy atom. The molecule has 4 rings (SSSR count). The molecule has 2 unspecified atom stereocenters. The van der Waals surface area contributed by atoms with Crippen LogP contribution in [0.3, 0.4) is 0 Å². The van der Waals surface area contributed by atoms with Gasteiger partial charge in [-0.2, -0.15) is 13.2 Å². The molecule has 178 valence electrons. The molecule has 0 saturated carbocycles. The van der Waals surface area contributed by atoms with E-state index < -0.39 is 47.4 Å². The number of amides is 1. The summed E-state index contributed by atoms with van der Waals surface area (Å²) in [6.07, 6.45) is -3.24. The van der Waals surface area contributed by atoms with Crippen LogP contribution in [0.25, 0.3) is 0 Å². The van der Waals surface area contributed by atoms with E-state index in [9.17, 15) is 22.4 Å². The summed E-state index contributed by atoms with van der Waals surface area (Å²) in [7, 11) is 0. The number of carbonyl (C=O) groups is 1. The van der Waals surface area contributed by atoms with Crippen molar-refractivity contribution in [2.45, 2.75) is 43.8 Å². The largest absolute Gasteiger partial charge is 0.490 e. The normalized spacial score (nSPS) is 23.3. The van der Waals surface area contributed by atoms with Crippen LogP contribution in [0.15, 0.2) is 42.6 Å². The van der Waals surface area contributed by atoms with Crippen LogP contribution < -0.4 is 4.74 Å². The van der Waals surface area contributed by atoms with Gasteiger partial charge in [0.2, 0.25) is 0 Å². The zero-order valence-corrected chi connectivity index (χ0v) is 18.2. The van der Waals surface area contributed by atoms with Crippen molar-refractivity contribution < 1.29 is 36.6 Å². The number of alkyl halides is 4. The minimum Gasteiger partial charge on any atom is -0.490 e. The second-order valence-electron chi connectivity index (χ2n) is 8.74. The monoisotopic (exact) mass is 468 g/mol. The van der Waals surface area contributed by atoms with Crippen molar-refractivity contribution in [3.8, 4) is 5.75 Å². The van der Waals surface area contributed by atoms with Crippen LogP contribution in [0.1, 0.15) is 41.9 Å². The van der Waals surface area contributed by atoms with Gasteiger partial charge >= 0.3 is 6.18 Å². The first-order valence-electron chi connectivity index (χ1n) is 10.5. The summed E-state index contributed by atoms with van der Waals surface area (Å²) in [5.74, 6) is -1.09. The maximum Gasteiger partial charge on any atom is 0.419 e. The molecule has 0 radical (unpaired) electrons. The van der Waals surface area contributed by atoms with E-state index in [1.807, 2.05) is 12.1 Å². The molecule has 1 amide bonds. The van der Waals surface area contributed by atoms with Crippen molar-refractivity contribution in [2.75, 3.05) is 26.5 Å². The number of fused-ring (bicyclic) bond motifs is 1. The van der Waals surface area contributed by atoms with E-state index in [2.05, 4.69) is 4.98 Å². The molecule has 2 aliphatic heterocycles. The minimum atomic E-state index is -4.77. The molecular formula is C23H24F4N2O4. The Balaban J connectivity index is 1.55. The number of pyridine rings is 1. The van der Waals surface area contributed by atoms with Gasteiger partial charge in [0.25, 0.3) is 5.91 Å². The van der Waals surface area contributed by atoms with E-state index in [0.29, 0.717) is 12.1 Å². The molecule has 33 heavy (non-hydrogen) atoms. The highest BCUT2D eigenvalue weighted by molar-refractivity contribution is 5.94. The predicted octanol–water partition coefficient (Wildman–Crippen LogP) is 4.34. The van der Waals surface area contributed by atoms with Gasteiger partial charge in [-0.1, -0.05) is 6.07 Å². The van der Waals surface area contributed by atoms with Crippen LogP contribution in [-0.4, -0.2) is 54.1 Å². The third-order valence-electron chi connectivity index (χ3n) is 5.73. The van der Waals surface area contributed by atoms with Crippen molar-refractivity contribution in [2.24, 2.45) is 0 Å². The second-order valence-corrected chi connectivity index (χ2v) is 8.74. The van der Waals surface area contributed by atoms with E-state index in [4.69, 9.17) is 14.2 Å². The number of nitrogens with zero attached hydrogens (tertiary/aromatic N) is 2. The van der Waals surface area contributed by atoms with Gasteiger partial charge in [0.1, 0.15) is 36.5 Å². The Morgan fingerprint density at radius 1 is 1.24 bits per heavy atom. The van der Waals surface area contributed by atoms with E-state index >= 15 is 0 Å². The molecule has 2 aliphatic rings. The first kappa shape index (κ1) is 23.4. The lowest BCUT2D eigenvalue weighted by molar-refractivity contribution is -0.139. The number of piperidine rings is 1. The number of hydrogen-bond donors (Lipinski definition) is 0. The van der Waals surface area contributed by atoms with E-state index in [0.717, 1.165) is 12.1 Å². The maximum atomic E-state index is 13.7. The molecular weight excluding hydrogens is 444 g/mol. The van der Waals surface area contributed by atoms with Gasteiger partial charge in [0.15, 0.2) is 0 Å². The Morgan fingerprint density at radius 2 is 2.03 bits per heavy atom. The standard InChI is InChI=1S/C23H24F4N2O4/c1-21(2,24)13-31-17-7-6-15(11-16(17)23(25,26)27)20(30)29-10-8-22(18-5-3-4-9-28-18)19(12-29)32-14-33-22/h3-7,9,11,19H,8,10,12-14H2,1-2H3. The molecule has 2 atom stereocenters. The average Bonchev–Trinajstić information content (AvgIpc) is 3.21. The molecule has 0 N–H and O–H groups in total. The van der Waals surface area contributed by atoms with Gasteiger partial charge in [0, 0.05) is 24.7 Å². The Hall–Kier alpha value is -2.72. The number of rotatable bonds is 5. The van der Waals surface area contributed by atoms with Gasteiger partial charge in [-0.15, -0.1) is 0 Å². The van der Waals surface area contributed by atoms with Crippen molar-refractivity contribution in [3.63, 3.8) is 0 Å². The molecule has 6 nitrogen and oxygen atoms in total. The van der Waals surface area contributed by atoms with Gasteiger partial charge in [-0.25, -0.2) is 4.39 Å². The molecule has 0 spiro atoms. The Bertz CT molecular complexity index is 1010. The summed E-state index contributed by atoms with van der Waals surface area (Å²) < 4.78 is 71.2. The smallest absolute Gasteiger partial charge is 0.419 e. The first-order valence-corrected chi connectivity index (χ1v) is 10.5. The van der Waals surface area contributed by atoms with Crippen molar-refractivity contribution in [1.29, 1.82) is 0 Å². The SMILES string of the molecule is CC(C)(F)COc1ccc(C(=O)N2CCC3(c4ccccn4)OCOC3C2)cc1C(F)(F)F. The van der Waals surface area contributed by atoms with Crippen molar-refractivity contribution in [3.05, 3.63) is 59.4 Å². The molecule has 2 saturated heterocycles. The lowest BCUT2D eigenvalue weighted by atomic mass is 9.85. The van der Waals surface area contributed by atoms with Gasteiger partial charge in [0.05, 0.1) is 17.8 Å². The predicted molar refractivity (Wildman–Crippen MR) is 109 cm³/mol. The number of carbonyl (C=O) groups excluding carboxylic acids is 1. The van der Waals surface area contributed by atoms with E-state index in [-0.39, 0.29) is 25.4 Å².